The standard InChI is InChI=1S/C20H29N3O6S2/c1-14-3-5-18(6-4-14)31(28,29)23-10-7-16(8-11-23)20(25)21-15(2)19(24)22-17-9-12-30(26,27)13-17/h3-6,15-17H,7-13H2,1-2H3,(H,21,25)(H,22,24)/t15-,17?/m0/s1. The van der Waals surface area contributed by atoms with E-state index in [1.807, 2.05) is 6.92 Å². The van der Waals surface area contributed by atoms with E-state index in [2.05, 4.69) is 10.6 Å². The zero-order chi connectivity index (χ0) is 22.8. The Bertz CT molecular complexity index is 1030. The van der Waals surface area contributed by atoms with Crippen molar-refractivity contribution in [3.63, 3.8) is 0 Å². The number of benzene rings is 1. The molecule has 2 N–H and O–H groups in total. The second-order valence-electron chi connectivity index (χ2n) is 8.33. The predicted octanol–water partition coefficient (Wildman–Crippen LogP) is 0.204. The first-order chi connectivity index (χ1) is 14.5. The molecule has 1 aromatic carbocycles. The van der Waals surface area contributed by atoms with Crippen molar-refractivity contribution in [1.82, 2.24) is 14.9 Å². The number of amides is 2. The Labute approximate surface area is 183 Å². The second kappa shape index (κ2) is 9.25. The van der Waals surface area contributed by atoms with E-state index >= 15 is 0 Å². The van der Waals surface area contributed by atoms with Gasteiger partial charge in [-0.15, -0.1) is 0 Å². The summed E-state index contributed by atoms with van der Waals surface area (Å²) in [4.78, 5) is 25.1. The lowest BCUT2D eigenvalue weighted by Gasteiger charge is -2.31. The van der Waals surface area contributed by atoms with Gasteiger partial charge in [-0.1, -0.05) is 17.7 Å². The first-order valence-electron chi connectivity index (χ1n) is 10.4. The molecule has 2 aliphatic heterocycles. The van der Waals surface area contributed by atoms with Crippen molar-refractivity contribution in [2.45, 2.75) is 50.1 Å². The third-order valence-corrected chi connectivity index (χ3v) is 9.50. The smallest absolute Gasteiger partial charge is 0.243 e. The van der Waals surface area contributed by atoms with Crippen LogP contribution in [0.3, 0.4) is 0 Å². The number of piperidine rings is 1. The van der Waals surface area contributed by atoms with Gasteiger partial charge in [0.1, 0.15) is 6.04 Å². The number of carbonyl (C=O) groups excluding carboxylic acids is 2. The molecule has 0 saturated carbocycles. The monoisotopic (exact) mass is 471 g/mol. The molecule has 0 aromatic heterocycles. The Balaban J connectivity index is 1.49. The molecule has 0 radical (unpaired) electrons. The van der Waals surface area contributed by atoms with Crippen LogP contribution in [-0.4, -0.2) is 69.6 Å². The maximum absolute atomic E-state index is 12.8. The summed E-state index contributed by atoms with van der Waals surface area (Å²) >= 11 is 0. The van der Waals surface area contributed by atoms with Crippen molar-refractivity contribution in [3.05, 3.63) is 29.8 Å². The van der Waals surface area contributed by atoms with Gasteiger partial charge in [-0.25, -0.2) is 16.8 Å². The zero-order valence-electron chi connectivity index (χ0n) is 17.7. The van der Waals surface area contributed by atoms with E-state index in [1.54, 1.807) is 31.2 Å². The van der Waals surface area contributed by atoms with Crippen LogP contribution in [0.5, 0.6) is 0 Å². The largest absolute Gasteiger partial charge is 0.351 e. The highest BCUT2D eigenvalue weighted by Gasteiger charge is 2.34. The van der Waals surface area contributed by atoms with Crippen LogP contribution in [-0.2, 0) is 29.4 Å². The maximum Gasteiger partial charge on any atom is 0.243 e. The number of rotatable bonds is 6. The third kappa shape index (κ3) is 5.83. The summed E-state index contributed by atoms with van der Waals surface area (Å²) in [5, 5.41) is 5.34. The zero-order valence-corrected chi connectivity index (χ0v) is 19.3. The van der Waals surface area contributed by atoms with Gasteiger partial charge in [0, 0.05) is 25.0 Å². The molecular formula is C20H29N3O6S2. The molecule has 2 saturated heterocycles. The van der Waals surface area contributed by atoms with Crippen molar-refractivity contribution < 1.29 is 26.4 Å². The molecule has 31 heavy (non-hydrogen) atoms. The highest BCUT2D eigenvalue weighted by Crippen LogP contribution is 2.24. The number of nitrogens with zero attached hydrogens (tertiary/aromatic N) is 1. The molecule has 2 aliphatic rings. The van der Waals surface area contributed by atoms with Gasteiger partial charge >= 0.3 is 0 Å². The minimum absolute atomic E-state index is 0.0583. The summed E-state index contributed by atoms with van der Waals surface area (Å²) in [5.74, 6) is -1.12. The molecule has 0 aliphatic carbocycles. The minimum atomic E-state index is -3.60. The molecule has 0 bridgehead atoms. The van der Waals surface area contributed by atoms with Crippen LogP contribution in [0.1, 0.15) is 31.7 Å². The van der Waals surface area contributed by atoms with Crippen LogP contribution in [0.4, 0.5) is 0 Å². The SMILES string of the molecule is Cc1ccc(S(=O)(=O)N2CCC(C(=O)N[C@@H](C)C(=O)NC3CCS(=O)(=O)C3)CC2)cc1. The van der Waals surface area contributed by atoms with Gasteiger partial charge < -0.3 is 10.6 Å². The average Bonchev–Trinajstić information content (AvgIpc) is 3.06. The van der Waals surface area contributed by atoms with Crippen molar-refractivity contribution >= 4 is 31.7 Å². The Morgan fingerprint density at radius 2 is 1.71 bits per heavy atom. The predicted molar refractivity (Wildman–Crippen MR) is 115 cm³/mol. The highest BCUT2D eigenvalue weighted by atomic mass is 32.2. The number of sulfone groups is 1. The maximum atomic E-state index is 12.8. The van der Waals surface area contributed by atoms with Crippen LogP contribution >= 0.6 is 0 Å². The molecule has 11 heteroatoms. The Hall–Kier alpha value is -1.98. The van der Waals surface area contributed by atoms with Crippen molar-refractivity contribution in [1.29, 1.82) is 0 Å². The Morgan fingerprint density at radius 1 is 1.10 bits per heavy atom. The second-order valence-corrected chi connectivity index (χ2v) is 12.5. The van der Waals surface area contributed by atoms with Gasteiger partial charge in [0.25, 0.3) is 0 Å². The molecule has 1 aromatic rings. The van der Waals surface area contributed by atoms with Gasteiger partial charge in [0.05, 0.1) is 16.4 Å². The van der Waals surface area contributed by atoms with Crippen LogP contribution in [0.15, 0.2) is 29.2 Å². The molecule has 2 fully saturated rings. The lowest BCUT2D eigenvalue weighted by atomic mass is 9.97. The molecular weight excluding hydrogens is 442 g/mol. The lowest BCUT2D eigenvalue weighted by molar-refractivity contribution is -0.131. The van der Waals surface area contributed by atoms with Gasteiger partial charge in [-0.3, -0.25) is 9.59 Å². The van der Waals surface area contributed by atoms with Crippen LogP contribution in [0.25, 0.3) is 0 Å². The van der Waals surface area contributed by atoms with Gasteiger partial charge in [-0.05, 0) is 45.2 Å². The van der Waals surface area contributed by atoms with Gasteiger partial charge in [0.2, 0.25) is 21.8 Å². The van der Waals surface area contributed by atoms with E-state index in [-0.39, 0.29) is 41.3 Å². The first-order valence-corrected chi connectivity index (χ1v) is 13.6. The number of hydrogen-bond donors (Lipinski definition) is 2. The summed E-state index contributed by atoms with van der Waals surface area (Å²) in [7, 11) is -6.70. The van der Waals surface area contributed by atoms with Crippen LogP contribution < -0.4 is 10.6 Å². The minimum Gasteiger partial charge on any atom is -0.351 e. The molecule has 2 atom stereocenters. The van der Waals surface area contributed by atoms with Gasteiger partial charge in [-0.2, -0.15) is 4.31 Å². The molecule has 1 unspecified atom stereocenters. The summed E-state index contributed by atoms with van der Waals surface area (Å²) in [6.07, 6.45) is 1.11. The number of aryl methyl sites for hydroxylation is 1. The molecule has 2 heterocycles. The summed E-state index contributed by atoms with van der Waals surface area (Å²) in [6.45, 7) is 3.90. The Morgan fingerprint density at radius 3 is 2.26 bits per heavy atom. The highest BCUT2D eigenvalue weighted by molar-refractivity contribution is 7.91. The van der Waals surface area contributed by atoms with Gasteiger partial charge in [0.15, 0.2) is 9.84 Å². The fraction of sp³-hybridized carbons (Fsp3) is 0.600. The molecule has 3 rings (SSSR count). The number of nitrogens with one attached hydrogen (secondary N) is 2. The molecule has 172 valence electrons. The summed E-state index contributed by atoms with van der Waals surface area (Å²) in [5.41, 5.74) is 0.974. The van der Waals surface area contributed by atoms with Crippen molar-refractivity contribution in [2.75, 3.05) is 24.6 Å². The summed E-state index contributed by atoms with van der Waals surface area (Å²) in [6, 6.07) is 5.44. The van der Waals surface area contributed by atoms with Crippen molar-refractivity contribution in [2.24, 2.45) is 5.92 Å². The van der Waals surface area contributed by atoms with E-state index in [9.17, 15) is 26.4 Å². The van der Waals surface area contributed by atoms with E-state index in [4.69, 9.17) is 0 Å². The molecule has 2 amide bonds. The topological polar surface area (TPSA) is 130 Å². The summed E-state index contributed by atoms with van der Waals surface area (Å²) < 4.78 is 50.0. The lowest BCUT2D eigenvalue weighted by Crippen LogP contribution is -2.51. The number of carbonyl (C=O) groups is 2. The third-order valence-electron chi connectivity index (χ3n) is 5.81. The average molecular weight is 472 g/mol. The fourth-order valence-corrected chi connectivity index (χ4v) is 6.99. The normalized spacial score (nSPS) is 23.2. The van der Waals surface area contributed by atoms with E-state index in [0.717, 1.165) is 5.56 Å². The molecule has 0 spiro atoms. The Kier molecular flexibility index (Phi) is 7.07. The van der Waals surface area contributed by atoms with E-state index in [0.29, 0.717) is 19.3 Å². The van der Waals surface area contributed by atoms with E-state index in [1.165, 1.54) is 4.31 Å². The van der Waals surface area contributed by atoms with Crippen LogP contribution in [0, 0.1) is 12.8 Å². The first kappa shape index (κ1) is 23.7. The number of hydrogen-bond acceptors (Lipinski definition) is 6. The fourth-order valence-electron chi connectivity index (χ4n) is 3.85. The quantitative estimate of drug-likeness (QED) is 0.610. The molecule has 9 nitrogen and oxygen atoms in total. The van der Waals surface area contributed by atoms with E-state index < -0.39 is 37.9 Å². The van der Waals surface area contributed by atoms with Crippen molar-refractivity contribution in [3.8, 4) is 0 Å². The van der Waals surface area contributed by atoms with Crippen LogP contribution in [0.2, 0.25) is 0 Å². The number of sulfonamides is 1.